The van der Waals surface area contributed by atoms with Crippen molar-refractivity contribution in [1.29, 1.82) is 0 Å². The first-order valence-electron chi connectivity index (χ1n) is 8.84. The van der Waals surface area contributed by atoms with Gasteiger partial charge in [-0.2, -0.15) is 0 Å². The van der Waals surface area contributed by atoms with Crippen LogP contribution in [0.2, 0.25) is 0 Å². The van der Waals surface area contributed by atoms with Crippen LogP contribution >= 0.6 is 24.0 Å². The fourth-order valence-electron chi connectivity index (χ4n) is 2.67. The van der Waals surface area contributed by atoms with Gasteiger partial charge in [-0.25, -0.2) is 0 Å². The van der Waals surface area contributed by atoms with Gasteiger partial charge in [0.15, 0.2) is 0 Å². The number of anilines is 1. The summed E-state index contributed by atoms with van der Waals surface area (Å²) in [5, 5.41) is 23.1. The second-order valence-corrected chi connectivity index (χ2v) is 8.18. The predicted octanol–water partition coefficient (Wildman–Crippen LogP) is 3.84. The van der Waals surface area contributed by atoms with Crippen molar-refractivity contribution in [2.24, 2.45) is 0 Å². The molecule has 2 aromatic carbocycles. The van der Waals surface area contributed by atoms with Crippen molar-refractivity contribution in [3.63, 3.8) is 0 Å². The van der Waals surface area contributed by atoms with Crippen molar-refractivity contribution in [3.8, 4) is 5.75 Å². The van der Waals surface area contributed by atoms with E-state index in [-0.39, 0.29) is 36.0 Å². The molecule has 0 atom stereocenters. The molecule has 0 aliphatic carbocycles. The highest BCUT2D eigenvalue weighted by atomic mass is 32.2. The molecule has 154 valence electrons. The second-order valence-electron chi connectivity index (χ2n) is 6.50. The van der Waals surface area contributed by atoms with E-state index in [4.69, 9.17) is 12.2 Å². The van der Waals surface area contributed by atoms with E-state index < -0.39 is 10.8 Å². The van der Waals surface area contributed by atoms with E-state index in [0.29, 0.717) is 9.23 Å². The van der Waals surface area contributed by atoms with Crippen molar-refractivity contribution in [3.05, 3.63) is 68.6 Å². The molecule has 2 amide bonds. The Kier molecular flexibility index (Phi) is 6.48. The van der Waals surface area contributed by atoms with Crippen LogP contribution in [0, 0.1) is 17.0 Å². The number of rotatable bonds is 6. The number of amides is 2. The molecule has 0 spiro atoms. The number of phenolic OH excluding ortho intramolecular Hbond substituents is 1. The van der Waals surface area contributed by atoms with Crippen molar-refractivity contribution in [2.45, 2.75) is 13.3 Å². The lowest BCUT2D eigenvalue weighted by Crippen LogP contribution is -2.31. The van der Waals surface area contributed by atoms with Crippen LogP contribution in [0.15, 0.2) is 47.4 Å². The number of benzene rings is 2. The van der Waals surface area contributed by atoms with Crippen LogP contribution in [0.4, 0.5) is 11.4 Å². The first kappa shape index (κ1) is 21.5. The number of hydrogen-bond donors (Lipinski definition) is 2. The Bertz CT molecular complexity index is 1070. The molecule has 0 radical (unpaired) electrons. The molecule has 1 heterocycles. The third kappa shape index (κ3) is 5.02. The topological polar surface area (TPSA) is 113 Å². The smallest absolute Gasteiger partial charge is 0.271 e. The lowest BCUT2D eigenvalue weighted by atomic mass is 10.1. The van der Waals surface area contributed by atoms with Gasteiger partial charge in [0.25, 0.3) is 11.6 Å². The van der Waals surface area contributed by atoms with Crippen LogP contribution in [0.1, 0.15) is 17.5 Å². The lowest BCUT2D eigenvalue weighted by molar-refractivity contribution is -0.384. The summed E-state index contributed by atoms with van der Waals surface area (Å²) in [5.41, 5.74) is 1.65. The Labute approximate surface area is 181 Å². The standard InChI is InChI=1S/C20H17N3O5S2/c1-12-2-4-13(5-3-12)10-17-19(26)22(20(29)30-17)9-8-18(25)21-15-11-14(23(27)28)6-7-16(15)24/h2-7,10-11,24H,8-9H2,1H3,(H,21,25)/b17-10-. The van der Waals surface area contributed by atoms with Gasteiger partial charge in [-0.15, -0.1) is 0 Å². The normalized spacial score (nSPS) is 15.0. The highest BCUT2D eigenvalue weighted by Gasteiger charge is 2.32. The largest absolute Gasteiger partial charge is 0.506 e. The summed E-state index contributed by atoms with van der Waals surface area (Å²) in [5.74, 6) is -1.08. The van der Waals surface area contributed by atoms with Gasteiger partial charge in [0, 0.05) is 25.1 Å². The van der Waals surface area contributed by atoms with Crippen LogP contribution in [-0.4, -0.2) is 37.6 Å². The number of aromatic hydroxyl groups is 1. The molecule has 0 saturated carbocycles. The molecule has 1 saturated heterocycles. The Hall–Kier alpha value is -3.24. The van der Waals surface area contributed by atoms with Gasteiger partial charge in [-0.1, -0.05) is 53.8 Å². The van der Waals surface area contributed by atoms with Crippen LogP contribution in [0.5, 0.6) is 5.75 Å². The van der Waals surface area contributed by atoms with Crippen molar-refractivity contribution >= 4 is 57.6 Å². The minimum Gasteiger partial charge on any atom is -0.506 e. The number of nitrogens with zero attached hydrogens (tertiary/aromatic N) is 2. The minimum absolute atomic E-state index is 0.0530. The van der Waals surface area contributed by atoms with E-state index in [2.05, 4.69) is 5.32 Å². The fourth-order valence-corrected chi connectivity index (χ4v) is 3.98. The van der Waals surface area contributed by atoms with Gasteiger partial charge < -0.3 is 10.4 Å². The number of nitrogens with one attached hydrogen (secondary N) is 1. The number of thioether (sulfide) groups is 1. The van der Waals surface area contributed by atoms with E-state index in [0.717, 1.165) is 29.3 Å². The molecular formula is C20H17N3O5S2. The predicted molar refractivity (Wildman–Crippen MR) is 119 cm³/mol. The SMILES string of the molecule is Cc1ccc(/C=C2\SC(=S)N(CCC(=O)Nc3cc([N+](=O)[O-])ccc3O)C2=O)cc1. The zero-order chi connectivity index (χ0) is 21.8. The summed E-state index contributed by atoms with van der Waals surface area (Å²) in [6.45, 7) is 2.03. The third-order valence-electron chi connectivity index (χ3n) is 4.28. The summed E-state index contributed by atoms with van der Waals surface area (Å²) in [7, 11) is 0. The number of thiocarbonyl (C=S) groups is 1. The number of carbonyl (C=O) groups excluding carboxylic acids is 2. The maximum Gasteiger partial charge on any atom is 0.271 e. The zero-order valence-electron chi connectivity index (χ0n) is 15.8. The maximum absolute atomic E-state index is 12.6. The van der Waals surface area contributed by atoms with Gasteiger partial charge in [0.05, 0.1) is 15.5 Å². The Morgan fingerprint density at radius 2 is 2.00 bits per heavy atom. The lowest BCUT2D eigenvalue weighted by Gasteiger charge is -2.14. The Morgan fingerprint density at radius 1 is 1.30 bits per heavy atom. The van der Waals surface area contributed by atoms with E-state index in [1.165, 1.54) is 16.7 Å². The molecule has 2 N–H and O–H groups in total. The molecule has 0 aromatic heterocycles. The minimum atomic E-state index is -0.629. The molecule has 1 aliphatic heterocycles. The number of non-ortho nitro benzene ring substituents is 1. The quantitative estimate of drug-likeness (QED) is 0.229. The molecular weight excluding hydrogens is 426 g/mol. The van der Waals surface area contributed by atoms with E-state index >= 15 is 0 Å². The van der Waals surface area contributed by atoms with Crippen molar-refractivity contribution < 1.29 is 19.6 Å². The summed E-state index contributed by atoms with van der Waals surface area (Å²) >= 11 is 6.43. The second kappa shape index (κ2) is 9.06. The highest BCUT2D eigenvalue weighted by molar-refractivity contribution is 8.26. The van der Waals surface area contributed by atoms with E-state index in [1.807, 2.05) is 31.2 Å². The average Bonchev–Trinajstić information content (AvgIpc) is 2.96. The summed E-state index contributed by atoms with van der Waals surface area (Å²) in [6.07, 6.45) is 1.66. The molecule has 30 heavy (non-hydrogen) atoms. The zero-order valence-corrected chi connectivity index (χ0v) is 17.5. The number of nitro benzene ring substituents is 1. The number of phenols is 1. The van der Waals surface area contributed by atoms with E-state index in [9.17, 15) is 24.8 Å². The third-order valence-corrected chi connectivity index (χ3v) is 5.65. The van der Waals surface area contributed by atoms with Gasteiger partial charge in [-0.3, -0.25) is 24.6 Å². The van der Waals surface area contributed by atoms with Crippen LogP contribution < -0.4 is 5.32 Å². The molecule has 10 heteroatoms. The summed E-state index contributed by atoms with van der Waals surface area (Å²) in [6, 6.07) is 11.0. The summed E-state index contributed by atoms with van der Waals surface area (Å²) < 4.78 is 0.351. The number of hydrogen-bond acceptors (Lipinski definition) is 7. The Balaban J connectivity index is 1.63. The number of nitro groups is 1. The number of aryl methyl sites for hydroxylation is 1. The first-order valence-corrected chi connectivity index (χ1v) is 10.1. The average molecular weight is 444 g/mol. The van der Waals surface area contributed by atoms with Crippen molar-refractivity contribution in [2.75, 3.05) is 11.9 Å². The van der Waals surface area contributed by atoms with Gasteiger partial charge >= 0.3 is 0 Å². The molecule has 1 aliphatic rings. The van der Waals surface area contributed by atoms with Crippen LogP contribution in [0.25, 0.3) is 6.08 Å². The highest BCUT2D eigenvalue weighted by Crippen LogP contribution is 2.33. The van der Waals surface area contributed by atoms with Crippen molar-refractivity contribution in [1.82, 2.24) is 4.90 Å². The van der Waals surface area contributed by atoms with Gasteiger partial charge in [0.1, 0.15) is 10.1 Å². The molecule has 8 nitrogen and oxygen atoms in total. The maximum atomic E-state index is 12.6. The first-order chi connectivity index (χ1) is 14.2. The van der Waals surface area contributed by atoms with Gasteiger partial charge in [-0.05, 0) is 24.6 Å². The number of carbonyl (C=O) groups is 2. The fraction of sp³-hybridized carbons (Fsp3) is 0.150. The van der Waals surface area contributed by atoms with Crippen LogP contribution in [-0.2, 0) is 9.59 Å². The molecule has 0 unspecified atom stereocenters. The Morgan fingerprint density at radius 3 is 2.67 bits per heavy atom. The molecule has 1 fully saturated rings. The molecule has 0 bridgehead atoms. The molecule has 3 rings (SSSR count). The van der Waals surface area contributed by atoms with E-state index in [1.54, 1.807) is 6.08 Å². The summed E-state index contributed by atoms with van der Waals surface area (Å²) in [4.78, 5) is 36.9. The molecule has 2 aromatic rings. The van der Waals surface area contributed by atoms with Gasteiger partial charge in [0.2, 0.25) is 5.91 Å². The monoisotopic (exact) mass is 443 g/mol. The van der Waals surface area contributed by atoms with Crippen LogP contribution in [0.3, 0.4) is 0 Å².